The lowest BCUT2D eigenvalue weighted by Crippen LogP contribution is -2.56. The van der Waals surface area contributed by atoms with Gasteiger partial charge in [-0.15, -0.1) is 5.06 Å². The van der Waals surface area contributed by atoms with Gasteiger partial charge in [0.25, 0.3) is 11.8 Å². The standard InChI is InChI=1S/C16H18N2O7/c1-2-16(23,14(21)25-18-12(19)8-9-13(18)20)17-15(22)24-10-11-6-4-3-5-7-11/h3-7,23H,2,8-10H2,1H3,(H,17,22). The molecule has 0 saturated carbocycles. The molecule has 25 heavy (non-hydrogen) atoms. The van der Waals surface area contributed by atoms with Crippen LogP contribution in [0.3, 0.4) is 0 Å². The highest BCUT2D eigenvalue weighted by atomic mass is 16.7. The number of nitrogens with zero attached hydrogens (tertiary/aromatic N) is 1. The first-order chi connectivity index (χ1) is 11.9. The smallest absolute Gasteiger partial charge is 0.410 e. The Balaban J connectivity index is 1.93. The highest BCUT2D eigenvalue weighted by Gasteiger charge is 2.43. The summed E-state index contributed by atoms with van der Waals surface area (Å²) in [5.74, 6) is -2.73. The Hall–Kier alpha value is -2.94. The van der Waals surface area contributed by atoms with Gasteiger partial charge in [0.05, 0.1) is 0 Å². The maximum atomic E-state index is 12.1. The summed E-state index contributed by atoms with van der Waals surface area (Å²) in [6, 6.07) is 8.80. The molecule has 1 heterocycles. The number of benzene rings is 1. The first-order valence-electron chi connectivity index (χ1n) is 7.65. The van der Waals surface area contributed by atoms with Gasteiger partial charge in [-0.3, -0.25) is 14.9 Å². The maximum absolute atomic E-state index is 12.1. The summed E-state index contributed by atoms with van der Waals surface area (Å²) >= 11 is 0. The summed E-state index contributed by atoms with van der Waals surface area (Å²) in [5, 5.41) is 12.5. The molecule has 9 nitrogen and oxygen atoms in total. The van der Waals surface area contributed by atoms with E-state index in [0.29, 0.717) is 10.6 Å². The molecule has 1 saturated heterocycles. The lowest BCUT2D eigenvalue weighted by Gasteiger charge is -2.26. The molecule has 134 valence electrons. The summed E-state index contributed by atoms with van der Waals surface area (Å²) in [6.45, 7) is 1.34. The van der Waals surface area contributed by atoms with Gasteiger partial charge in [0.2, 0.25) is 5.72 Å². The Morgan fingerprint density at radius 1 is 1.20 bits per heavy atom. The van der Waals surface area contributed by atoms with Crippen LogP contribution in [0.5, 0.6) is 0 Å². The number of hydrogen-bond acceptors (Lipinski definition) is 7. The van der Waals surface area contributed by atoms with Gasteiger partial charge < -0.3 is 14.7 Å². The van der Waals surface area contributed by atoms with Crippen molar-refractivity contribution in [1.82, 2.24) is 10.4 Å². The van der Waals surface area contributed by atoms with Gasteiger partial charge in [-0.25, -0.2) is 9.59 Å². The highest BCUT2D eigenvalue weighted by Crippen LogP contribution is 2.16. The van der Waals surface area contributed by atoms with Crippen molar-refractivity contribution in [3.05, 3.63) is 35.9 Å². The molecule has 1 fully saturated rings. The molecule has 1 aromatic rings. The van der Waals surface area contributed by atoms with E-state index in [9.17, 15) is 24.3 Å². The minimum atomic E-state index is -2.43. The molecule has 1 aliphatic rings. The molecule has 2 rings (SSSR count). The molecule has 1 unspecified atom stereocenters. The van der Waals surface area contributed by atoms with Crippen LogP contribution in [0, 0.1) is 0 Å². The fourth-order valence-corrected chi connectivity index (χ4v) is 2.03. The number of hydroxylamine groups is 2. The number of carbonyl (C=O) groups excluding carboxylic acids is 4. The van der Waals surface area contributed by atoms with Crippen molar-refractivity contribution in [3.63, 3.8) is 0 Å². The average Bonchev–Trinajstić information content (AvgIpc) is 2.92. The van der Waals surface area contributed by atoms with Crippen LogP contribution >= 0.6 is 0 Å². The number of nitrogens with one attached hydrogen (secondary N) is 1. The molecule has 1 aliphatic heterocycles. The third-order valence-corrected chi connectivity index (χ3v) is 3.55. The number of imide groups is 1. The van der Waals surface area contributed by atoms with E-state index in [1.807, 2.05) is 5.32 Å². The van der Waals surface area contributed by atoms with Crippen LogP contribution in [0.15, 0.2) is 30.3 Å². The number of carbonyl (C=O) groups is 4. The Bertz CT molecular complexity index is 660. The molecule has 1 atom stereocenters. The van der Waals surface area contributed by atoms with Crippen LogP contribution in [-0.4, -0.2) is 39.8 Å². The van der Waals surface area contributed by atoms with Gasteiger partial charge in [0.15, 0.2) is 0 Å². The minimum absolute atomic E-state index is 0.0649. The molecular weight excluding hydrogens is 332 g/mol. The third kappa shape index (κ3) is 4.54. The molecule has 0 aromatic heterocycles. The van der Waals surface area contributed by atoms with Gasteiger partial charge in [0, 0.05) is 19.3 Å². The molecule has 0 aliphatic carbocycles. The van der Waals surface area contributed by atoms with Crippen LogP contribution in [0.25, 0.3) is 0 Å². The molecule has 0 spiro atoms. The zero-order valence-corrected chi connectivity index (χ0v) is 13.6. The third-order valence-electron chi connectivity index (χ3n) is 3.55. The molecule has 0 radical (unpaired) electrons. The quantitative estimate of drug-likeness (QED) is 0.569. The molecule has 1 aromatic carbocycles. The summed E-state index contributed by atoms with van der Waals surface area (Å²) in [7, 11) is 0. The second kappa shape index (κ2) is 7.75. The van der Waals surface area contributed by atoms with E-state index in [1.165, 1.54) is 6.92 Å². The predicted molar refractivity (Wildman–Crippen MR) is 82.2 cm³/mol. The van der Waals surface area contributed by atoms with Crippen molar-refractivity contribution in [1.29, 1.82) is 0 Å². The number of rotatable bonds is 6. The van der Waals surface area contributed by atoms with Crippen molar-refractivity contribution in [3.8, 4) is 0 Å². The zero-order valence-electron chi connectivity index (χ0n) is 13.6. The second-order valence-electron chi connectivity index (χ2n) is 5.36. The Morgan fingerprint density at radius 3 is 2.36 bits per heavy atom. The van der Waals surface area contributed by atoms with Crippen LogP contribution in [0.2, 0.25) is 0 Å². The van der Waals surface area contributed by atoms with Crippen LogP contribution < -0.4 is 5.32 Å². The number of ether oxygens (including phenoxy) is 1. The lowest BCUT2D eigenvalue weighted by molar-refractivity contribution is -0.212. The van der Waals surface area contributed by atoms with E-state index in [0.717, 1.165) is 0 Å². The summed E-state index contributed by atoms with van der Waals surface area (Å²) in [5.41, 5.74) is -1.72. The normalized spacial score (nSPS) is 16.3. The Kier molecular flexibility index (Phi) is 5.71. The molecule has 3 amide bonds. The van der Waals surface area contributed by atoms with Crippen molar-refractivity contribution in [2.75, 3.05) is 0 Å². The fourth-order valence-electron chi connectivity index (χ4n) is 2.03. The monoisotopic (exact) mass is 350 g/mol. The molecule has 9 heteroatoms. The largest absolute Gasteiger partial charge is 0.445 e. The summed E-state index contributed by atoms with van der Waals surface area (Å²) < 4.78 is 4.92. The highest BCUT2D eigenvalue weighted by molar-refractivity contribution is 6.02. The fraction of sp³-hybridized carbons (Fsp3) is 0.375. The van der Waals surface area contributed by atoms with Crippen LogP contribution in [-0.2, 0) is 30.6 Å². The number of alkyl carbamates (subject to hydrolysis) is 1. The van der Waals surface area contributed by atoms with Gasteiger partial charge in [-0.2, -0.15) is 0 Å². The second-order valence-corrected chi connectivity index (χ2v) is 5.36. The van der Waals surface area contributed by atoms with E-state index in [1.54, 1.807) is 30.3 Å². The van der Waals surface area contributed by atoms with Crippen molar-refractivity contribution >= 4 is 23.9 Å². The van der Waals surface area contributed by atoms with Crippen LogP contribution in [0.4, 0.5) is 4.79 Å². The average molecular weight is 350 g/mol. The van der Waals surface area contributed by atoms with Crippen molar-refractivity contribution in [2.24, 2.45) is 0 Å². The predicted octanol–water partition coefficient (Wildman–Crippen LogP) is 0.619. The van der Waals surface area contributed by atoms with Gasteiger partial charge >= 0.3 is 12.1 Å². The topological polar surface area (TPSA) is 122 Å². The SMILES string of the molecule is CCC(O)(NC(=O)OCc1ccccc1)C(=O)ON1C(=O)CCC1=O. The number of aliphatic hydroxyl groups is 1. The Morgan fingerprint density at radius 2 is 1.80 bits per heavy atom. The first kappa shape index (κ1) is 18.4. The zero-order chi connectivity index (χ0) is 18.4. The minimum Gasteiger partial charge on any atom is -0.445 e. The summed E-state index contributed by atoms with van der Waals surface area (Å²) in [4.78, 5) is 51.4. The van der Waals surface area contributed by atoms with E-state index >= 15 is 0 Å². The molecular formula is C16H18N2O7. The van der Waals surface area contributed by atoms with Crippen molar-refractivity contribution in [2.45, 2.75) is 38.5 Å². The van der Waals surface area contributed by atoms with Gasteiger partial charge in [-0.05, 0) is 5.56 Å². The van der Waals surface area contributed by atoms with Crippen molar-refractivity contribution < 1.29 is 33.9 Å². The lowest BCUT2D eigenvalue weighted by atomic mass is 10.1. The van der Waals surface area contributed by atoms with Gasteiger partial charge in [0.1, 0.15) is 6.61 Å². The van der Waals surface area contributed by atoms with E-state index in [2.05, 4.69) is 4.84 Å². The maximum Gasteiger partial charge on any atom is 0.410 e. The van der Waals surface area contributed by atoms with E-state index in [4.69, 9.17) is 4.74 Å². The number of hydrogen-bond donors (Lipinski definition) is 2. The Labute approximate surface area is 143 Å². The van der Waals surface area contributed by atoms with E-state index in [-0.39, 0.29) is 25.9 Å². The number of amides is 3. The molecule has 2 N–H and O–H groups in total. The van der Waals surface area contributed by atoms with E-state index < -0.39 is 29.6 Å². The van der Waals surface area contributed by atoms with Gasteiger partial charge in [-0.1, -0.05) is 37.3 Å². The first-order valence-corrected chi connectivity index (χ1v) is 7.65. The summed E-state index contributed by atoms with van der Waals surface area (Å²) in [6.07, 6.45) is -1.47. The van der Waals surface area contributed by atoms with Crippen LogP contribution in [0.1, 0.15) is 31.7 Å². The molecule has 0 bridgehead atoms.